The highest BCUT2D eigenvalue weighted by atomic mass is 35.5. The van der Waals surface area contributed by atoms with E-state index in [9.17, 15) is 14.4 Å². The first-order valence-corrected chi connectivity index (χ1v) is 12.1. The van der Waals surface area contributed by atoms with Crippen molar-refractivity contribution in [3.8, 4) is 0 Å². The number of aromatic amines is 1. The molecule has 0 atom stereocenters. The zero-order valence-electron chi connectivity index (χ0n) is 20.6. The Kier molecular flexibility index (Phi) is 8.87. The molecule has 2 amide bonds. The van der Waals surface area contributed by atoms with E-state index in [-0.39, 0.29) is 29.5 Å². The fraction of sp³-hybridized carbons (Fsp3) is 0.385. The van der Waals surface area contributed by atoms with Crippen LogP contribution in [0, 0.1) is 5.92 Å². The van der Waals surface area contributed by atoms with Crippen LogP contribution in [0.1, 0.15) is 44.4 Å². The summed E-state index contributed by atoms with van der Waals surface area (Å²) in [5.74, 6) is 0.101. The monoisotopic (exact) mass is 497 g/mol. The number of fused-ring (bicyclic) bond motifs is 1. The number of carbonyl (C=O) groups is 2. The highest BCUT2D eigenvalue weighted by Crippen LogP contribution is 2.27. The third-order valence-corrected chi connectivity index (χ3v) is 5.81. The van der Waals surface area contributed by atoms with Gasteiger partial charge in [-0.1, -0.05) is 31.5 Å². The SMILES string of the molecule is CC(C)Cc1c(Cl)cnc2cc(Cn3cccc(NC(=O)CCC/C=C/C(=O)N(C)C)c3=O)[nH]c12. The van der Waals surface area contributed by atoms with Crippen LogP contribution in [0.15, 0.2) is 47.5 Å². The van der Waals surface area contributed by atoms with Crippen molar-refractivity contribution in [1.29, 1.82) is 0 Å². The van der Waals surface area contributed by atoms with Crippen LogP contribution in [0.25, 0.3) is 11.0 Å². The maximum Gasteiger partial charge on any atom is 0.274 e. The highest BCUT2D eigenvalue weighted by molar-refractivity contribution is 6.32. The molecule has 0 saturated carbocycles. The maximum atomic E-state index is 12.9. The lowest BCUT2D eigenvalue weighted by Crippen LogP contribution is -2.25. The van der Waals surface area contributed by atoms with Crippen molar-refractivity contribution in [2.45, 2.75) is 46.1 Å². The van der Waals surface area contributed by atoms with Gasteiger partial charge in [0.2, 0.25) is 11.8 Å². The summed E-state index contributed by atoms with van der Waals surface area (Å²) in [6.45, 7) is 4.58. The number of pyridine rings is 2. The van der Waals surface area contributed by atoms with Crippen molar-refractivity contribution in [2.75, 3.05) is 19.4 Å². The molecule has 0 unspecified atom stereocenters. The number of allylic oxidation sites excluding steroid dienone is 1. The van der Waals surface area contributed by atoms with E-state index in [1.54, 1.807) is 49.3 Å². The van der Waals surface area contributed by atoms with Crippen molar-refractivity contribution in [2.24, 2.45) is 5.92 Å². The normalized spacial score (nSPS) is 11.5. The lowest BCUT2D eigenvalue weighted by atomic mass is 10.0. The van der Waals surface area contributed by atoms with Crippen LogP contribution >= 0.6 is 11.6 Å². The number of hydrogen-bond acceptors (Lipinski definition) is 4. The number of carbonyl (C=O) groups excluding carboxylic acids is 2. The summed E-state index contributed by atoms with van der Waals surface area (Å²) < 4.78 is 1.54. The number of nitrogens with one attached hydrogen (secondary N) is 2. The standard InChI is InChI=1S/C26H32ClN5O3/c1-17(2)13-19-20(27)15-28-22-14-18(29-25(19)22)16-32-12-8-9-21(26(32)35)30-23(33)10-6-5-7-11-24(34)31(3)4/h7-9,11-12,14-15,17,29H,5-6,10,13,16H2,1-4H3,(H,30,33)/b11-7+. The number of unbranched alkanes of at least 4 members (excludes halogenated alkanes) is 1. The minimum atomic E-state index is -0.288. The number of nitrogens with zero attached hydrogens (tertiary/aromatic N) is 3. The second kappa shape index (κ2) is 11.8. The van der Waals surface area contributed by atoms with Crippen molar-refractivity contribution < 1.29 is 9.59 Å². The van der Waals surface area contributed by atoms with Crippen LogP contribution in [-0.4, -0.2) is 45.3 Å². The minimum Gasteiger partial charge on any atom is -0.355 e. The Morgan fingerprint density at radius 2 is 2.09 bits per heavy atom. The van der Waals surface area contributed by atoms with Gasteiger partial charge in [0, 0.05) is 38.6 Å². The van der Waals surface area contributed by atoms with Gasteiger partial charge in [-0.3, -0.25) is 19.4 Å². The Bertz CT molecular complexity index is 1290. The van der Waals surface area contributed by atoms with E-state index in [0.717, 1.165) is 28.7 Å². The minimum absolute atomic E-state index is 0.0933. The summed E-state index contributed by atoms with van der Waals surface area (Å²) in [5, 5.41) is 3.33. The van der Waals surface area contributed by atoms with E-state index in [2.05, 4.69) is 29.1 Å². The highest BCUT2D eigenvalue weighted by Gasteiger charge is 2.14. The number of amides is 2. The summed E-state index contributed by atoms with van der Waals surface area (Å²) in [6, 6.07) is 5.25. The van der Waals surface area contributed by atoms with Gasteiger partial charge in [-0.25, -0.2) is 0 Å². The van der Waals surface area contributed by atoms with Crippen LogP contribution < -0.4 is 10.9 Å². The maximum absolute atomic E-state index is 12.9. The number of H-pyrrole nitrogens is 1. The first-order valence-electron chi connectivity index (χ1n) is 11.7. The van der Waals surface area contributed by atoms with Crippen molar-refractivity contribution >= 4 is 40.1 Å². The third kappa shape index (κ3) is 7.05. The number of anilines is 1. The molecule has 3 aromatic rings. The van der Waals surface area contributed by atoms with Gasteiger partial charge in [-0.05, 0) is 55.0 Å². The molecular formula is C26H32ClN5O3. The quantitative estimate of drug-likeness (QED) is 0.320. The summed E-state index contributed by atoms with van der Waals surface area (Å²) in [6.07, 6.45) is 8.84. The molecule has 3 rings (SSSR count). The molecule has 186 valence electrons. The Balaban J connectivity index is 1.66. The molecule has 9 heteroatoms. The van der Waals surface area contributed by atoms with E-state index >= 15 is 0 Å². The second-order valence-electron chi connectivity index (χ2n) is 9.17. The Morgan fingerprint density at radius 3 is 2.80 bits per heavy atom. The van der Waals surface area contributed by atoms with Gasteiger partial charge in [0.05, 0.1) is 22.6 Å². The molecule has 3 heterocycles. The zero-order valence-corrected chi connectivity index (χ0v) is 21.4. The van der Waals surface area contributed by atoms with Crippen LogP contribution in [-0.2, 0) is 22.6 Å². The molecule has 0 aliphatic heterocycles. The van der Waals surface area contributed by atoms with Gasteiger partial charge in [0.15, 0.2) is 0 Å². The van der Waals surface area contributed by atoms with E-state index < -0.39 is 0 Å². The van der Waals surface area contributed by atoms with Gasteiger partial charge in [-0.2, -0.15) is 0 Å². The number of likely N-dealkylation sites (N-methyl/N-ethyl adjacent to an activating group) is 1. The van der Waals surface area contributed by atoms with Crippen LogP contribution in [0.5, 0.6) is 0 Å². The fourth-order valence-electron chi connectivity index (χ4n) is 3.71. The van der Waals surface area contributed by atoms with Gasteiger partial charge in [0.1, 0.15) is 5.69 Å². The van der Waals surface area contributed by atoms with E-state index in [1.165, 1.54) is 11.0 Å². The van der Waals surface area contributed by atoms with Crippen LogP contribution in [0.2, 0.25) is 5.02 Å². The molecule has 3 aromatic heterocycles. The Labute approximate surface area is 210 Å². The van der Waals surface area contributed by atoms with E-state index in [4.69, 9.17) is 11.6 Å². The smallest absolute Gasteiger partial charge is 0.274 e. The van der Waals surface area contributed by atoms with Crippen molar-refractivity contribution in [3.63, 3.8) is 0 Å². The number of aromatic nitrogens is 3. The molecule has 8 nitrogen and oxygen atoms in total. The number of rotatable bonds is 10. The van der Waals surface area contributed by atoms with Crippen LogP contribution in [0.4, 0.5) is 5.69 Å². The van der Waals surface area contributed by atoms with Gasteiger partial charge < -0.3 is 19.8 Å². The predicted octanol–water partition coefficient (Wildman–Crippen LogP) is 4.38. The van der Waals surface area contributed by atoms with Gasteiger partial charge in [0.25, 0.3) is 5.56 Å². The molecule has 0 saturated heterocycles. The molecule has 35 heavy (non-hydrogen) atoms. The van der Waals surface area contributed by atoms with Gasteiger partial charge >= 0.3 is 0 Å². The summed E-state index contributed by atoms with van der Waals surface area (Å²) in [5.41, 5.74) is 3.48. The summed E-state index contributed by atoms with van der Waals surface area (Å²) in [7, 11) is 3.36. The lowest BCUT2D eigenvalue weighted by Gasteiger charge is -2.09. The fourth-order valence-corrected chi connectivity index (χ4v) is 3.93. The van der Waals surface area contributed by atoms with Gasteiger partial charge in [-0.15, -0.1) is 0 Å². The average molecular weight is 498 g/mol. The summed E-state index contributed by atoms with van der Waals surface area (Å²) in [4.78, 5) is 46.1. The topological polar surface area (TPSA) is 100 Å². The average Bonchev–Trinajstić information content (AvgIpc) is 3.20. The molecule has 0 radical (unpaired) electrons. The third-order valence-electron chi connectivity index (χ3n) is 5.48. The largest absolute Gasteiger partial charge is 0.355 e. The predicted molar refractivity (Wildman–Crippen MR) is 140 cm³/mol. The number of hydrogen-bond donors (Lipinski definition) is 2. The molecule has 2 N–H and O–H groups in total. The Morgan fingerprint density at radius 1 is 1.31 bits per heavy atom. The zero-order chi connectivity index (χ0) is 25.5. The molecule has 0 spiro atoms. The van der Waals surface area contributed by atoms with Crippen LogP contribution in [0.3, 0.4) is 0 Å². The molecular weight excluding hydrogens is 466 g/mol. The molecule has 0 aromatic carbocycles. The van der Waals surface area contributed by atoms with E-state index in [0.29, 0.717) is 30.3 Å². The van der Waals surface area contributed by atoms with Crippen molar-refractivity contribution in [1.82, 2.24) is 19.4 Å². The van der Waals surface area contributed by atoms with Crippen molar-refractivity contribution in [3.05, 3.63) is 69.4 Å². The van der Waals surface area contributed by atoms with E-state index in [1.807, 2.05) is 6.07 Å². The summed E-state index contributed by atoms with van der Waals surface area (Å²) >= 11 is 6.39. The molecule has 0 fully saturated rings. The Hall–Kier alpha value is -3.39. The first kappa shape index (κ1) is 26.2. The lowest BCUT2D eigenvalue weighted by molar-refractivity contribution is -0.123. The number of halogens is 1. The molecule has 0 aliphatic rings. The first-order chi connectivity index (χ1) is 16.7. The second-order valence-corrected chi connectivity index (χ2v) is 9.58. The molecule has 0 bridgehead atoms. The molecule has 0 aliphatic carbocycles.